The number of likely N-dealkylation sites (N-methyl/N-ethyl adjacent to an activating group) is 1. The SMILES string of the molecule is Cc1ccc(C(=O)Nc2cnc3[nH]c(C(=O)N4C[C@@H](CCl)c5c4cc(OC(=O)N(CCOCCO)CCN(C)C(=O)OCc4ccc(NC(=O)[C@H](CCCNC(N)=O)CC(=O)[C@@H](NC(=O)OCCOCCOCCOCCN6C(=O)C=CC6=O)C(C)C)cc4)c4cccc(C)c54)cc3c2)cc1. The summed E-state index contributed by atoms with van der Waals surface area (Å²) in [5, 5.41) is 22.2. The average molecular weight is 1420 g/mol. The smallest absolute Gasteiger partial charge is 0.415 e. The Kier molecular flexibility index (Phi) is 28.8. The van der Waals surface area contributed by atoms with Gasteiger partial charge in [0.1, 0.15) is 30.3 Å². The highest BCUT2D eigenvalue weighted by Gasteiger charge is 2.37. The number of carbonyl (C=O) groups is 10. The number of fused-ring (bicyclic) bond motifs is 4. The number of aliphatic hydroxyl groups excluding tert-OH is 1. The van der Waals surface area contributed by atoms with E-state index in [1.54, 1.807) is 73.3 Å². The third kappa shape index (κ3) is 22.0. The van der Waals surface area contributed by atoms with Crippen LogP contribution in [0.1, 0.15) is 82.1 Å². The average Bonchev–Trinajstić information content (AvgIpc) is 1.62. The number of Topliss-reactive ketones (excluding diaryl/α,β-unsaturated/α-hetero) is 1. The number of benzene rings is 4. The van der Waals surface area contributed by atoms with Gasteiger partial charge in [-0.3, -0.25) is 33.7 Å². The number of nitrogens with zero attached hydrogens (tertiary/aromatic N) is 5. The van der Waals surface area contributed by atoms with Gasteiger partial charge in [0.2, 0.25) is 5.91 Å². The number of rotatable bonds is 38. The maximum Gasteiger partial charge on any atom is 0.415 e. The van der Waals surface area contributed by atoms with Crippen molar-refractivity contribution in [2.75, 3.05) is 134 Å². The second-order valence-electron chi connectivity index (χ2n) is 24.4. The van der Waals surface area contributed by atoms with E-state index < -0.39 is 59.8 Å². The maximum atomic E-state index is 14.7. The molecule has 4 aromatic carbocycles. The number of halogens is 1. The molecule has 0 fully saturated rings. The molecule has 30 heteroatoms. The monoisotopic (exact) mass is 1420 g/mol. The molecule has 2 aromatic heterocycles. The van der Waals surface area contributed by atoms with Crippen molar-refractivity contribution in [1.82, 2.24) is 35.3 Å². The summed E-state index contributed by atoms with van der Waals surface area (Å²) in [5.41, 5.74) is 10.9. The number of aromatic nitrogens is 2. The molecule has 0 spiro atoms. The van der Waals surface area contributed by atoms with Crippen molar-refractivity contribution in [2.24, 2.45) is 17.6 Å². The first-order chi connectivity index (χ1) is 48.6. The molecule has 2 aliphatic rings. The number of aliphatic hydroxyl groups is 1. The lowest BCUT2D eigenvalue weighted by atomic mass is 9.89. The predicted molar refractivity (Wildman–Crippen MR) is 374 cm³/mol. The van der Waals surface area contributed by atoms with Gasteiger partial charge in [0.25, 0.3) is 23.6 Å². The van der Waals surface area contributed by atoms with Crippen LogP contribution in [0, 0.1) is 25.7 Å². The second-order valence-corrected chi connectivity index (χ2v) is 24.7. The van der Waals surface area contributed by atoms with E-state index in [2.05, 4.69) is 31.2 Å². The van der Waals surface area contributed by atoms with Crippen molar-refractivity contribution in [3.63, 3.8) is 0 Å². The van der Waals surface area contributed by atoms with Crippen molar-refractivity contribution in [3.8, 4) is 5.75 Å². The number of nitrogens with two attached hydrogens (primary N) is 1. The van der Waals surface area contributed by atoms with Crippen LogP contribution in [0.5, 0.6) is 5.75 Å². The first kappa shape index (κ1) is 76.7. The molecule has 29 nitrogen and oxygen atoms in total. The molecular formula is C71H86ClN11O18. The number of nitrogens with one attached hydrogen (secondary N) is 5. The minimum atomic E-state index is -1.02. The number of primary amides is 1. The molecule has 101 heavy (non-hydrogen) atoms. The Bertz CT molecular complexity index is 3930. The molecule has 10 amide bonds. The lowest BCUT2D eigenvalue weighted by molar-refractivity contribution is -0.137. The first-order valence-corrected chi connectivity index (χ1v) is 33.7. The summed E-state index contributed by atoms with van der Waals surface area (Å²) in [7, 11) is 1.50. The summed E-state index contributed by atoms with van der Waals surface area (Å²) >= 11 is 6.67. The lowest BCUT2D eigenvalue weighted by Gasteiger charge is -2.26. The fourth-order valence-electron chi connectivity index (χ4n) is 11.3. The summed E-state index contributed by atoms with van der Waals surface area (Å²) in [6.45, 7) is 8.33. The molecular weight excluding hydrogens is 1330 g/mol. The first-order valence-electron chi connectivity index (χ1n) is 33.1. The number of aryl methyl sites for hydroxylation is 2. The third-order valence-corrected chi connectivity index (χ3v) is 17.0. The van der Waals surface area contributed by atoms with Gasteiger partial charge >= 0.3 is 24.3 Å². The van der Waals surface area contributed by atoms with Gasteiger partial charge in [-0.1, -0.05) is 61.9 Å². The number of ketones is 1. The summed E-state index contributed by atoms with van der Waals surface area (Å²) in [4.78, 5) is 144. The van der Waals surface area contributed by atoms with Crippen LogP contribution in [-0.2, 0) is 54.2 Å². The van der Waals surface area contributed by atoms with E-state index in [0.29, 0.717) is 51.0 Å². The van der Waals surface area contributed by atoms with Gasteiger partial charge in [-0.25, -0.2) is 24.2 Å². The number of imide groups is 1. The van der Waals surface area contributed by atoms with Crippen LogP contribution in [0.15, 0.2) is 103 Å². The van der Waals surface area contributed by atoms with Gasteiger partial charge in [-0.15, -0.1) is 11.6 Å². The quantitative estimate of drug-likeness (QED) is 0.0113. The number of H-pyrrole nitrogens is 1. The Morgan fingerprint density at radius 2 is 1.48 bits per heavy atom. The zero-order valence-corrected chi connectivity index (χ0v) is 57.8. The third-order valence-electron chi connectivity index (χ3n) is 16.7. The highest BCUT2D eigenvalue weighted by Crippen LogP contribution is 2.47. The summed E-state index contributed by atoms with van der Waals surface area (Å²) in [5.74, 6) is -3.66. The summed E-state index contributed by atoms with van der Waals surface area (Å²) < 4.78 is 39.0. The lowest BCUT2D eigenvalue weighted by Crippen LogP contribution is -2.46. The van der Waals surface area contributed by atoms with Crippen LogP contribution in [0.2, 0.25) is 0 Å². The Hall–Kier alpha value is -10.0. The van der Waals surface area contributed by atoms with Crippen LogP contribution in [0.25, 0.3) is 21.8 Å². The molecule has 0 radical (unpaired) electrons. The second kappa shape index (κ2) is 38.0. The van der Waals surface area contributed by atoms with Crippen LogP contribution in [-0.4, -0.2) is 214 Å². The van der Waals surface area contributed by atoms with Gasteiger partial charge in [0.15, 0.2) is 5.78 Å². The Morgan fingerprint density at radius 1 is 0.782 bits per heavy atom. The van der Waals surface area contributed by atoms with E-state index in [4.69, 9.17) is 50.5 Å². The van der Waals surface area contributed by atoms with Gasteiger partial charge in [0.05, 0.1) is 89.6 Å². The summed E-state index contributed by atoms with van der Waals surface area (Å²) in [6, 6.07) is 22.5. The van der Waals surface area contributed by atoms with Crippen molar-refractivity contribution in [1.29, 1.82) is 0 Å². The van der Waals surface area contributed by atoms with Gasteiger partial charge in [-0.2, -0.15) is 0 Å². The van der Waals surface area contributed by atoms with Crippen LogP contribution in [0.3, 0.4) is 0 Å². The largest absolute Gasteiger partial charge is 0.447 e. The molecule has 0 aliphatic carbocycles. The predicted octanol–water partition coefficient (Wildman–Crippen LogP) is 7.33. The zero-order chi connectivity index (χ0) is 72.5. The fraction of sp³-hybridized carbons (Fsp3) is 0.423. The topological polar surface area (TPSA) is 371 Å². The zero-order valence-electron chi connectivity index (χ0n) is 57.1. The van der Waals surface area contributed by atoms with Crippen molar-refractivity contribution in [3.05, 3.63) is 137 Å². The number of hydrogen-bond donors (Lipinski definition) is 7. The number of aromatic amines is 1. The summed E-state index contributed by atoms with van der Waals surface area (Å²) in [6.07, 6.45) is 1.73. The minimum Gasteiger partial charge on any atom is -0.447 e. The van der Waals surface area contributed by atoms with Crippen molar-refractivity contribution >= 4 is 110 Å². The van der Waals surface area contributed by atoms with Gasteiger partial charge in [0, 0.05) is 104 Å². The minimum absolute atomic E-state index is 0.00173. The molecule has 2 aliphatic heterocycles. The molecule has 6 aromatic rings. The van der Waals surface area contributed by atoms with Crippen LogP contribution < -0.4 is 36.6 Å². The van der Waals surface area contributed by atoms with Gasteiger partial charge < -0.3 is 84.9 Å². The number of anilines is 3. The number of ether oxygens (including phenoxy) is 7. The van der Waals surface area contributed by atoms with Crippen LogP contribution >= 0.6 is 11.6 Å². The fourth-order valence-corrected chi connectivity index (χ4v) is 11.5. The van der Waals surface area contributed by atoms with E-state index in [1.165, 1.54) is 35.2 Å². The standard InChI is InChI=1S/C71H86ClN11O18/c1-44(2)63(79-69(92)99-35-34-98-33-32-97-31-30-96-28-25-82-59(86)19-20-60(82)87)57(85)38-49(9-7-21-74-68(73)91)66(89)76-52-17-13-47(14-18-52)43-100-70(93)80(5)22-23-81(24-27-95-29-26-84)71(94)101-58-39-56-62(61-46(4)8-6-10-54(58)61)51(40-72)42-83(56)67(90)55-37-50-36-53(41-75-64(50)78-55)77-65(88)48-15-11-45(3)12-16-48/h6,8,10-20,36-37,39,41,44,49,51,63,84H,7,9,21-35,38,40,42-43H2,1-5H3,(H,75,78)(H,76,89)(H,77,88)(H,79,92)(H3,73,74,91)/t49-,51-,63+/m1/s1. The molecule has 0 saturated heterocycles. The molecule has 8 rings (SSSR count). The number of urea groups is 1. The number of pyridine rings is 1. The highest BCUT2D eigenvalue weighted by molar-refractivity contribution is 6.20. The van der Waals surface area contributed by atoms with E-state index in [1.807, 2.05) is 44.2 Å². The maximum absolute atomic E-state index is 14.7. The normalized spacial score (nSPS) is 13.8. The molecule has 0 saturated carbocycles. The van der Waals surface area contributed by atoms with E-state index >= 15 is 0 Å². The Labute approximate surface area is 588 Å². The van der Waals surface area contributed by atoms with Crippen molar-refractivity contribution in [2.45, 2.75) is 65.5 Å². The number of alkyl carbamates (subject to hydrolysis) is 1. The molecule has 0 bridgehead atoms. The van der Waals surface area contributed by atoms with Crippen LogP contribution in [0.4, 0.5) is 36.2 Å². The molecule has 0 unspecified atom stereocenters. The number of carbonyl (C=O) groups excluding carboxylic acids is 10. The van der Waals surface area contributed by atoms with E-state index in [0.717, 1.165) is 27.0 Å². The molecule has 3 atom stereocenters. The van der Waals surface area contributed by atoms with Crippen molar-refractivity contribution < 1.29 is 86.2 Å². The van der Waals surface area contributed by atoms with E-state index in [9.17, 15) is 53.1 Å². The van der Waals surface area contributed by atoms with Gasteiger partial charge in [-0.05, 0) is 91.1 Å². The molecule has 4 heterocycles. The highest BCUT2D eigenvalue weighted by atomic mass is 35.5. The molecule has 540 valence electrons. The number of hydrogen-bond acceptors (Lipinski definition) is 19. The Balaban J connectivity index is 0.826. The number of alkyl halides is 1. The van der Waals surface area contributed by atoms with E-state index in [-0.39, 0.29) is 166 Å². The Morgan fingerprint density at radius 3 is 2.16 bits per heavy atom. The molecule has 8 N–H and O–H groups in total. The number of amides is 10.